The van der Waals surface area contributed by atoms with Gasteiger partial charge < -0.3 is 10.2 Å². The van der Waals surface area contributed by atoms with Gasteiger partial charge in [-0.15, -0.1) is 0 Å². The van der Waals surface area contributed by atoms with Crippen molar-refractivity contribution in [3.8, 4) is 0 Å². The van der Waals surface area contributed by atoms with Crippen molar-refractivity contribution in [2.45, 2.75) is 26.3 Å². The summed E-state index contributed by atoms with van der Waals surface area (Å²) in [6.07, 6.45) is 0.899. The Morgan fingerprint density at radius 2 is 1.92 bits per heavy atom. The first-order chi connectivity index (χ1) is 12.5. The molecule has 1 atom stereocenters. The van der Waals surface area contributed by atoms with Crippen LogP contribution in [0.3, 0.4) is 0 Å². The van der Waals surface area contributed by atoms with E-state index in [1.54, 1.807) is 18.2 Å². The first-order valence-corrected chi connectivity index (χ1v) is 9.07. The highest BCUT2D eigenvalue weighted by Gasteiger charge is 2.33. The van der Waals surface area contributed by atoms with Crippen LogP contribution in [0.25, 0.3) is 0 Å². The number of rotatable bonds is 5. The van der Waals surface area contributed by atoms with E-state index in [1.807, 2.05) is 36.1 Å². The number of ketones is 1. The molecule has 1 N–H and O–H groups in total. The summed E-state index contributed by atoms with van der Waals surface area (Å²) in [6.45, 7) is 4.69. The summed E-state index contributed by atoms with van der Waals surface area (Å²) in [5, 5.41) is 3.80. The fourth-order valence-corrected chi connectivity index (χ4v) is 3.60. The Morgan fingerprint density at radius 3 is 2.58 bits per heavy atom. The molecule has 1 aliphatic heterocycles. The summed E-state index contributed by atoms with van der Waals surface area (Å²) in [5.41, 5.74) is 2.71. The van der Waals surface area contributed by atoms with E-state index in [2.05, 4.69) is 12.2 Å². The van der Waals surface area contributed by atoms with Gasteiger partial charge in [-0.3, -0.25) is 4.79 Å². The van der Waals surface area contributed by atoms with Crippen molar-refractivity contribution in [3.63, 3.8) is 0 Å². The number of Topliss-reactive ketones (excluding diaryl/α,β-unsaturated/α-hetero) is 1. The molecule has 3 rings (SSSR count). The third kappa shape index (κ3) is 3.53. The summed E-state index contributed by atoms with van der Waals surface area (Å²) in [7, 11) is 0. The molecule has 1 heterocycles. The van der Waals surface area contributed by atoms with Crippen molar-refractivity contribution >= 4 is 23.1 Å². The average Bonchev–Trinajstić information content (AvgIpc) is 2.65. The molecule has 0 saturated carbocycles. The predicted octanol–water partition coefficient (Wildman–Crippen LogP) is 4.62. The van der Waals surface area contributed by atoms with Crippen LogP contribution in [0.5, 0.6) is 0 Å². The minimum absolute atomic E-state index is 0.0755. The molecule has 0 aliphatic carbocycles. The molecule has 0 spiro atoms. The molecule has 0 fully saturated rings. The Morgan fingerprint density at radius 1 is 1.19 bits per heavy atom. The highest BCUT2D eigenvalue weighted by molar-refractivity contribution is 7.80. The summed E-state index contributed by atoms with van der Waals surface area (Å²) in [4.78, 5) is 15.2. The largest absolute Gasteiger partial charge is 0.351 e. The van der Waals surface area contributed by atoms with E-state index in [9.17, 15) is 9.18 Å². The molecule has 0 amide bonds. The number of hydrogen-bond acceptors (Lipinski definition) is 2. The first kappa shape index (κ1) is 18.3. The van der Waals surface area contributed by atoms with Crippen LogP contribution < -0.4 is 5.32 Å². The number of allylic oxidation sites excluding steroid dienone is 1. The minimum atomic E-state index is -0.473. The molecule has 3 nitrogen and oxygen atoms in total. The number of halogens is 1. The number of thiocarbonyl (C=S) groups is 1. The van der Waals surface area contributed by atoms with E-state index in [0.717, 1.165) is 18.7 Å². The van der Waals surface area contributed by atoms with E-state index >= 15 is 0 Å². The molecule has 0 saturated heterocycles. The molecule has 26 heavy (non-hydrogen) atoms. The van der Waals surface area contributed by atoms with Gasteiger partial charge in [-0.25, -0.2) is 4.39 Å². The molecule has 1 unspecified atom stereocenters. The Kier molecular flexibility index (Phi) is 5.47. The molecule has 2 aromatic rings. The van der Waals surface area contributed by atoms with Gasteiger partial charge in [0.2, 0.25) is 0 Å². The molecule has 0 aromatic heterocycles. The Bertz CT molecular complexity index is 863. The predicted molar refractivity (Wildman–Crippen MR) is 105 cm³/mol. The van der Waals surface area contributed by atoms with Gasteiger partial charge in [-0.1, -0.05) is 49.4 Å². The lowest BCUT2D eigenvalue weighted by molar-refractivity contribution is 0.102. The number of nitrogens with one attached hydrogen (secondary N) is 1. The quantitative estimate of drug-likeness (QED) is 0.616. The number of benzene rings is 2. The highest BCUT2D eigenvalue weighted by atomic mass is 32.1. The summed E-state index contributed by atoms with van der Waals surface area (Å²) < 4.78 is 13.8. The maximum atomic E-state index is 13.8. The van der Waals surface area contributed by atoms with Crippen LogP contribution >= 0.6 is 12.2 Å². The molecule has 2 aromatic carbocycles. The SMILES string of the molecule is CCCN1C(=S)NC(c2cccc(F)c2)C(C(=O)c2ccccc2)=C1C. The zero-order chi connectivity index (χ0) is 18.7. The summed E-state index contributed by atoms with van der Waals surface area (Å²) in [6, 6.07) is 15.0. The zero-order valence-corrected chi connectivity index (χ0v) is 15.6. The van der Waals surface area contributed by atoms with Crippen molar-refractivity contribution in [3.05, 3.63) is 82.8 Å². The number of carbonyl (C=O) groups excluding carboxylic acids is 1. The fourth-order valence-electron chi connectivity index (χ4n) is 3.25. The van der Waals surface area contributed by atoms with E-state index in [-0.39, 0.29) is 11.6 Å². The van der Waals surface area contributed by atoms with Crippen molar-refractivity contribution in [1.29, 1.82) is 0 Å². The Labute approximate surface area is 158 Å². The first-order valence-electron chi connectivity index (χ1n) is 8.67. The van der Waals surface area contributed by atoms with E-state index in [0.29, 0.717) is 21.8 Å². The smallest absolute Gasteiger partial charge is 0.193 e. The van der Waals surface area contributed by atoms with Crippen LogP contribution in [-0.2, 0) is 0 Å². The van der Waals surface area contributed by atoms with Gasteiger partial charge >= 0.3 is 0 Å². The number of nitrogens with zero attached hydrogens (tertiary/aromatic N) is 1. The third-order valence-corrected chi connectivity index (χ3v) is 4.84. The van der Waals surface area contributed by atoms with Crippen molar-refractivity contribution < 1.29 is 9.18 Å². The standard InChI is InChI=1S/C21H21FN2OS/c1-3-12-24-14(2)18(20(25)15-8-5-4-6-9-15)19(23-21(24)26)16-10-7-11-17(22)13-16/h4-11,13,19H,3,12H2,1-2H3,(H,23,26). The number of hydrogen-bond donors (Lipinski definition) is 1. The zero-order valence-electron chi connectivity index (χ0n) is 14.8. The molecule has 0 radical (unpaired) electrons. The monoisotopic (exact) mass is 368 g/mol. The van der Waals surface area contributed by atoms with Crippen LogP contribution in [0.15, 0.2) is 65.9 Å². The third-order valence-electron chi connectivity index (χ3n) is 4.51. The normalized spacial score (nSPS) is 17.3. The van der Waals surface area contributed by atoms with Crippen molar-refractivity contribution in [2.75, 3.05) is 6.54 Å². The Hall–Kier alpha value is -2.53. The van der Waals surface area contributed by atoms with Crippen LogP contribution in [0.2, 0.25) is 0 Å². The van der Waals surface area contributed by atoms with Crippen molar-refractivity contribution in [2.24, 2.45) is 0 Å². The highest BCUT2D eigenvalue weighted by Crippen LogP contribution is 2.33. The lowest BCUT2D eigenvalue weighted by atomic mass is 9.89. The molecule has 1 aliphatic rings. The van der Waals surface area contributed by atoms with E-state index in [4.69, 9.17) is 12.2 Å². The summed E-state index contributed by atoms with van der Waals surface area (Å²) >= 11 is 5.51. The van der Waals surface area contributed by atoms with Crippen LogP contribution in [-0.4, -0.2) is 22.3 Å². The average molecular weight is 368 g/mol. The molecule has 0 bridgehead atoms. The topological polar surface area (TPSA) is 32.3 Å². The fraction of sp³-hybridized carbons (Fsp3) is 0.238. The van der Waals surface area contributed by atoms with Gasteiger partial charge in [0.25, 0.3) is 0 Å². The van der Waals surface area contributed by atoms with Crippen LogP contribution in [0, 0.1) is 5.82 Å². The lowest BCUT2D eigenvalue weighted by Crippen LogP contribution is -2.47. The van der Waals surface area contributed by atoms with E-state index < -0.39 is 6.04 Å². The summed E-state index contributed by atoms with van der Waals surface area (Å²) in [5.74, 6) is -0.413. The lowest BCUT2D eigenvalue weighted by Gasteiger charge is -2.38. The van der Waals surface area contributed by atoms with Gasteiger partial charge in [0.15, 0.2) is 10.9 Å². The van der Waals surface area contributed by atoms with Gasteiger partial charge in [0.05, 0.1) is 6.04 Å². The Balaban J connectivity index is 2.13. The second kappa shape index (κ2) is 7.79. The molecule has 134 valence electrons. The minimum Gasteiger partial charge on any atom is -0.351 e. The molecule has 5 heteroatoms. The van der Waals surface area contributed by atoms with Crippen molar-refractivity contribution in [1.82, 2.24) is 10.2 Å². The van der Waals surface area contributed by atoms with Crippen LogP contribution in [0.4, 0.5) is 4.39 Å². The van der Waals surface area contributed by atoms with Gasteiger partial charge in [-0.05, 0) is 43.3 Å². The van der Waals surface area contributed by atoms with Gasteiger partial charge in [0, 0.05) is 23.4 Å². The second-order valence-corrected chi connectivity index (χ2v) is 6.67. The van der Waals surface area contributed by atoms with E-state index in [1.165, 1.54) is 12.1 Å². The maximum absolute atomic E-state index is 13.8. The number of carbonyl (C=O) groups is 1. The second-order valence-electron chi connectivity index (χ2n) is 6.28. The molecular formula is C21H21FN2OS. The molecular weight excluding hydrogens is 347 g/mol. The van der Waals surface area contributed by atoms with Gasteiger partial charge in [0.1, 0.15) is 5.82 Å². The maximum Gasteiger partial charge on any atom is 0.193 e. The van der Waals surface area contributed by atoms with Crippen LogP contribution in [0.1, 0.15) is 42.2 Å². The van der Waals surface area contributed by atoms with Gasteiger partial charge in [-0.2, -0.15) is 0 Å².